The van der Waals surface area contributed by atoms with E-state index in [4.69, 9.17) is 14.6 Å². The van der Waals surface area contributed by atoms with Crippen molar-refractivity contribution in [3.8, 4) is 5.75 Å². The first-order valence-corrected chi connectivity index (χ1v) is 11.3. The number of pyridine rings is 1. The van der Waals surface area contributed by atoms with Gasteiger partial charge in [-0.2, -0.15) is 0 Å². The largest absolute Gasteiger partial charge is 0.494 e. The maximum absolute atomic E-state index is 13.8. The Morgan fingerprint density at radius 1 is 1.24 bits per heavy atom. The van der Waals surface area contributed by atoms with Crippen LogP contribution < -0.4 is 10.1 Å². The molecule has 0 saturated heterocycles. The number of rotatable bonds is 7. The number of benzene rings is 2. The molecule has 176 valence electrons. The molecular weight excluding hydrogens is 433 g/mol. The third kappa shape index (κ3) is 4.78. The van der Waals surface area contributed by atoms with Gasteiger partial charge < -0.3 is 14.9 Å². The van der Waals surface area contributed by atoms with Gasteiger partial charge in [0.15, 0.2) is 17.7 Å². The maximum atomic E-state index is 13.8. The zero-order valence-corrected chi connectivity index (χ0v) is 19.8. The molecule has 0 spiro atoms. The minimum absolute atomic E-state index is 0.141. The Labute approximate surface area is 198 Å². The van der Waals surface area contributed by atoms with Crippen LogP contribution in [-0.4, -0.2) is 23.7 Å². The van der Waals surface area contributed by atoms with E-state index in [-0.39, 0.29) is 23.8 Å². The van der Waals surface area contributed by atoms with Crippen LogP contribution >= 0.6 is 0 Å². The average Bonchev–Trinajstić information content (AvgIpc) is 3.34. The molecule has 2 atom stereocenters. The first-order chi connectivity index (χ1) is 16.4. The van der Waals surface area contributed by atoms with Crippen molar-refractivity contribution in [1.82, 2.24) is 10.3 Å². The van der Waals surface area contributed by atoms with Crippen molar-refractivity contribution in [3.63, 3.8) is 0 Å². The van der Waals surface area contributed by atoms with Gasteiger partial charge >= 0.3 is 0 Å². The molecule has 0 bridgehead atoms. The lowest BCUT2D eigenvalue weighted by atomic mass is 9.98. The third-order valence-electron chi connectivity index (χ3n) is 6.09. The van der Waals surface area contributed by atoms with Crippen molar-refractivity contribution < 1.29 is 18.8 Å². The summed E-state index contributed by atoms with van der Waals surface area (Å²) in [6.07, 6.45) is 1.07. The van der Waals surface area contributed by atoms with Gasteiger partial charge in [0.05, 0.1) is 18.8 Å². The van der Waals surface area contributed by atoms with E-state index in [1.54, 1.807) is 18.2 Å². The highest BCUT2D eigenvalue weighted by Crippen LogP contribution is 2.30. The summed E-state index contributed by atoms with van der Waals surface area (Å²) in [7, 11) is 1.41. The molecule has 1 aliphatic heterocycles. The second kappa shape index (κ2) is 10.0. The zero-order valence-electron chi connectivity index (χ0n) is 19.8. The zero-order chi connectivity index (χ0) is 24.2. The minimum atomic E-state index is -0.444. The van der Waals surface area contributed by atoms with E-state index in [1.807, 2.05) is 51.1 Å². The summed E-state index contributed by atoms with van der Waals surface area (Å²) < 4.78 is 18.9. The molecule has 1 N–H and O–H groups in total. The number of carbonyl (C=O) groups excluding carboxylic acids is 1. The van der Waals surface area contributed by atoms with E-state index in [0.717, 1.165) is 22.4 Å². The molecule has 6 nitrogen and oxygen atoms in total. The number of hydrogen-bond acceptors (Lipinski definition) is 5. The van der Waals surface area contributed by atoms with Crippen LogP contribution in [-0.2, 0) is 11.3 Å². The normalized spacial score (nSPS) is 15.9. The highest BCUT2D eigenvalue weighted by Gasteiger charge is 2.27. The van der Waals surface area contributed by atoms with Gasteiger partial charge in [-0.25, -0.2) is 4.39 Å². The predicted molar refractivity (Wildman–Crippen MR) is 129 cm³/mol. The van der Waals surface area contributed by atoms with Gasteiger partial charge in [-0.15, -0.1) is 0 Å². The van der Waals surface area contributed by atoms with Crippen LogP contribution in [0.5, 0.6) is 5.75 Å². The Kier molecular flexibility index (Phi) is 6.91. The van der Waals surface area contributed by atoms with Crippen LogP contribution in [0.15, 0.2) is 59.8 Å². The number of nitrogens with zero attached hydrogens (tertiary/aromatic N) is 2. The van der Waals surface area contributed by atoms with Gasteiger partial charge in [-0.1, -0.05) is 48.5 Å². The Bertz CT molecular complexity index is 1230. The number of carbonyl (C=O) groups is 1. The first kappa shape index (κ1) is 23.4. The standard InChI is InChI=1S/C27H28FN3O3/c1-5-20-17(3)29-23(24-15-25(34-31-24)18-9-7-6-8-10-18)14-21(20)27(32)30-16(2)19-11-12-22(28)26(13-19)33-4/h6-14,16,25H,5,15H2,1-4H3,(H,30,32). The van der Waals surface area contributed by atoms with Crippen molar-refractivity contribution in [3.05, 3.63) is 94.1 Å². The van der Waals surface area contributed by atoms with Crippen LogP contribution in [0.2, 0.25) is 0 Å². The van der Waals surface area contributed by atoms with E-state index >= 15 is 0 Å². The molecule has 2 aromatic carbocycles. The number of amides is 1. The lowest BCUT2D eigenvalue weighted by Gasteiger charge is -2.18. The lowest BCUT2D eigenvalue weighted by molar-refractivity contribution is 0.0857. The molecule has 1 aromatic heterocycles. The highest BCUT2D eigenvalue weighted by atomic mass is 19.1. The summed E-state index contributed by atoms with van der Waals surface area (Å²) in [5.41, 5.74) is 5.35. The monoisotopic (exact) mass is 461 g/mol. The molecule has 0 fully saturated rings. The number of halogens is 1. The van der Waals surface area contributed by atoms with E-state index in [9.17, 15) is 9.18 Å². The van der Waals surface area contributed by atoms with Gasteiger partial charge in [0.2, 0.25) is 0 Å². The summed E-state index contributed by atoms with van der Waals surface area (Å²) in [6, 6.07) is 15.9. The Morgan fingerprint density at radius 3 is 2.71 bits per heavy atom. The highest BCUT2D eigenvalue weighted by molar-refractivity contribution is 6.03. The molecule has 34 heavy (non-hydrogen) atoms. The topological polar surface area (TPSA) is 72.8 Å². The van der Waals surface area contributed by atoms with Crippen LogP contribution in [0.4, 0.5) is 4.39 Å². The van der Waals surface area contributed by atoms with E-state index < -0.39 is 5.82 Å². The Balaban J connectivity index is 1.57. The SMILES string of the molecule is CCc1c(C(=O)NC(C)c2ccc(F)c(OC)c2)cc(C2=NOC(c3ccccc3)C2)nc1C. The van der Waals surface area contributed by atoms with E-state index in [1.165, 1.54) is 13.2 Å². The minimum Gasteiger partial charge on any atom is -0.494 e. The quantitative estimate of drug-likeness (QED) is 0.507. The molecule has 2 unspecified atom stereocenters. The smallest absolute Gasteiger partial charge is 0.252 e. The summed E-state index contributed by atoms with van der Waals surface area (Å²) in [5, 5.41) is 7.29. The van der Waals surface area contributed by atoms with Crippen molar-refractivity contribution in [2.45, 2.75) is 45.8 Å². The lowest BCUT2D eigenvalue weighted by Crippen LogP contribution is -2.28. The average molecular weight is 462 g/mol. The van der Waals surface area contributed by atoms with Crippen LogP contribution in [0.1, 0.15) is 70.9 Å². The summed E-state index contributed by atoms with van der Waals surface area (Å²) in [6.45, 7) is 5.75. The first-order valence-electron chi connectivity index (χ1n) is 11.3. The van der Waals surface area contributed by atoms with Gasteiger partial charge in [0.1, 0.15) is 5.71 Å². The molecule has 7 heteroatoms. The fourth-order valence-electron chi connectivity index (χ4n) is 4.17. The number of methoxy groups -OCH3 is 1. The fraction of sp³-hybridized carbons (Fsp3) is 0.296. The summed E-state index contributed by atoms with van der Waals surface area (Å²) in [5.74, 6) is -0.526. The van der Waals surface area contributed by atoms with E-state index in [2.05, 4.69) is 10.5 Å². The Morgan fingerprint density at radius 2 is 2.00 bits per heavy atom. The van der Waals surface area contributed by atoms with Crippen molar-refractivity contribution in [1.29, 1.82) is 0 Å². The van der Waals surface area contributed by atoms with Gasteiger partial charge in [0, 0.05) is 17.7 Å². The number of oxime groups is 1. The van der Waals surface area contributed by atoms with Gasteiger partial charge in [0.25, 0.3) is 5.91 Å². The molecular formula is C27H28FN3O3. The predicted octanol–water partition coefficient (Wildman–Crippen LogP) is 5.46. The van der Waals surface area contributed by atoms with Crippen LogP contribution in [0, 0.1) is 12.7 Å². The van der Waals surface area contributed by atoms with Crippen molar-refractivity contribution >= 4 is 11.6 Å². The molecule has 0 aliphatic carbocycles. The van der Waals surface area contributed by atoms with Crippen molar-refractivity contribution in [2.24, 2.45) is 5.16 Å². The molecule has 1 amide bonds. The number of hydrogen-bond donors (Lipinski definition) is 1. The summed E-state index contributed by atoms with van der Waals surface area (Å²) >= 11 is 0. The summed E-state index contributed by atoms with van der Waals surface area (Å²) in [4.78, 5) is 23.7. The number of aryl methyl sites for hydroxylation is 1. The second-order valence-electron chi connectivity index (χ2n) is 8.31. The van der Waals surface area contributed by atoms with E-state index in [0.29, 0.717) is 29.8 Å². The van der Waals surface area contributed by atoms with Crippen LogP contribution in [0.3, 0.4) is 0 Å². The van der Waals surface area contributed by atoms with Crippen molar-refractivity contribution in [2.75, 3.05) is 7.11 Å². The molecule has 2 heterocycles. The Hall–Kier alpha value is -3.74. The van der Waals surface area contributed by atoms with Gasteiger partial charge in [-0.3, -0.25) is 9.78 Å². The maximum Gasteiger partial charge on any atom is 0.252 e. The molecule has 4 rings (SSSR count). The second-order valence-corrected chi connectivity index (χ2v) is 8.31. The molecule has 0 radical (unpaired) electrons. The van der Waals surface area contributed by atoms with Crippen LogP contribution in [0.25, 0.3) is 0 Å². The fourth-order valence-corrected chi connectivity index (χ4v) is 4.17. The number of ether oxygens (including phenoxy) is 1. The molecule has 1 aliphatic rings. The number of aromatic nitrogens is 1. The molecule has 3 aromatic rings. The molecule has 0 saturated carbocycles. The number of nitrogens with one attached hydrogen (secondary N) is 1. The third-order valence-corrected chi connectivity index (χ3v) is 6.09. The van der Waals surface area contributed by atoms with Gasteiger partial charge in [-0.05, 0) is 55.2 Å².